The van der Waals surface area contributed by atoms with Gasteiger partial charge in [-0.3, -0.25) is 25.2 Å². The molecule has 2 aromatic carbocycles. The molecule has 8 nitrogen and oxygen atoms in total. The van der Waals surface area contributed by atoms with Gasteiger partial charge in [-0.05, 0) is 62.4 Å². The smallest absolute Gasteiger partial charge is 0.290 e. The molecule has 3 N–H and O–H groups in total. The SMILES string of the molecule is CCn1nc(C(=O)NNC(=O)c2ccc3[nH]c4c(c3c2)CCCC4)c2ccccc2c1=O. The molecule has 0 bridgehead atoms. The standard InChI is InChI=1S/C24H23N5O3/c1-2-29-24(32)17-9-4-3-8-16(17)21(28-29)23(31)27-26-22(30)14-11-12-20-18(13-14)15-7-5-6-10-19(15)25-20/h3-4,8-9,11-13,25H,2,5-7,10H2,1H3,(H,26,30)(H,27,31). The summed E-state index contributed by atoms with van der Waals surface area (Å²) >= 11 is 0. The highest BCUT2D eigenvalue weighted by Gasteiger charge is 2.19. The van der Waals surface area contributed by atoms with Crippen molar-refractivity contribution >= 4 is 33.5 Å². The van der Waals surface area contributed by atoms with Gasteiger partial charge in [0.25, 0.3) is 17.4 Å². The van der Waals surface area contributed by atoms with Gasteiger partial charge in [0.1, 0.15) is 0 Å². The number of rotatable bonds is 3. The minimum Gasteiger partial charge on any atom is -0.358 e. The van der Waals surface area contributed by atoms with Crippen molar-refractivity contribution in [2.45, 2.75) is 39.2 Å². The van der Waals surface area contributed by atoms with Crippen molar-refractivity contribution in [2.24, 2.45) is 0 Å². The first-order valence-electron chi connectivity index (χ1n) is 10.8. The summed E-state index contributed by atoms with van der Waals surface area (Å²) in [6.07, 6.45) is 4.35. The van der Waals surface area contributed by atoms with Gasteiger partial charge in [-0.15, -0.1) is 0 Å². The predicted octanol–water partition coefficient (Wildman–Crippen LogP) is 2.85. The lowest BCUT2D eigenvalue weighted by atomic mass is 9.95. The second kappa shape index (κ2) is 7.96. The third-order valence-corrected chi connectivity index (χ3v) is 6.03. The molecule has 0 radical (unpaired) electrons. The van der Waals surface area contributed by atoms with Crippen LogP contribution in [-0.4, -0.2) is 26.6 Å². The average Bonchev–Trinajstić information content (AvgIpc) is 3.20. The number of hydrogen-bond donors (Lipinski definition) is 3. The molecule has 4 aromatic rings. The molecule has 2 heterocycles. The van der Waals surface area contributed by atoms with Gasteiger partial charge in [-0.25, -0.2) is 4.68 Å². The van der Waals surface area contributed by atoms with Gasteiger partial charge in [-0.1, -0.05) is 18.2 Å². The topological polar surface area (TPSA) is 109 Å². The van der Waals surface area contributed by atoms with Crippen LogP contribution in [0.15, 0.2) is 47.3 Å². The van der Waals surface area contributed by atoms with E-state index < -0.39 is 11.8 Å². The minimum atomic E-state index is -0.586. The van der Waals surface area contributed by atoms with E-state index in [1.54, 1.807) is 37.3 Å². The van der Waals surface area contributed by atoms with Crippen LogP contribution in [0.3, 0.4) is 0 Å². The number of benzene rings is 2. The molecule has 0 aliphatic heterocycles. The van der Waals surface area contributed by atoms with Crippen molar-refractivity contribution in [1.82, 2.24) is 25.6 Å². The van der Waals surface area contributed by atoms with E-state index in [9.17, 15) is 14.4 Å². The van der Waals surface area contributed by atoms with Crippen LogP contribution in [0.2, 0.25) is 0 Å². The normalized spacial score (nSPS) is 13.2. The number of carbonyl (C=O) groups excluding carboxylic acids is 2. The lowest BCUT2D eigenvalue weighted by molar-refractivity contribution is 0.0843. The number of nitrogens with one attached hydrogen (secondary N) is 3. The van der Waals surface area contributed by atoms with Gasteiger partial charge in [0.15, 0.2) is 5.69 Å². The lowest BCUT2D eigenvalue weighted by Crippen LogP contribution is -2.42. The summed E-state index contributed by atoms with van der Waals surface area (Å²) in [6.45, 7) is 2.11. The summed E-state index contributed by atoms with van der Waals surface area (Å²) in [5.41, 5.74) is 8.75. The van der Waals surface area contributed by atoms with E-state index in [1.807, 2.05) is 12.1 Å². The van der Waals surface area contributed by atoms with E-state index in [-0.39, 0.29) is 11.3 Å². The Labute approximate surface area is 183 Å². The van der Waals surface area contributed by atoms with Crippen LogP contribution in [0.1, 0.15) is 51.9 Å². The van der Waals surface area contributed by atoms with Crippen molar-refractivity contribution < 1.29 is 9.59 Å². The van der Waals surface area contributed by atoms with Crippen molar-refractivity contribution in [2.75, 3.05) is 0 Å². The number of nitrogens with zero attached hydrogens (tertiary/aromatic N) is 2. The molecule has 32 heavy (non-hydrogen) atoms. The van der Waals surface area contributed by atoms with Gasteiger partial charge in [0.2, 0.25) is 0 Å². The highest BCUT2D eigenvalue weighted by molar-refractivity contribution is 6.06. The summed E-state index contributed by atoms with van der Waals surface area (Å²) in [5.74, 6) is -1.00. The maximum Gasteiger partial charge on any atom is 0.290 e. The fraction of sp³-hybridized carbons (Fsp3) is 0.250. The van der Waals surface area contributed by atoms with Crippen molar-refractivity contribution in [1.29, 1.82) is 0 Å². The largest absolute Gasteiger partial charge is 0.358 e. The predicted molar refractivity (Wildman–Crippen MR) is 122 cm³/mol. The number of aromatic amines is 1. The first kappa shape index (κ1) is 20.0. The first-order chi connectivity index (χ1) is 15.6. The second-order valence-electron chi connectivity index (χ2n) is 7.97. The number of hydrogen-bond acceptors (Lipinski definition) is 4. The molecule has 8 heteroatoms. The first-order valence-corrected chi connectivity index (χ1v) is 10.8. The zero-order chi connectivity index (χ0) is 22.2. The molecule has 1 aliphatic rings. The fourth-order valence-corrected chi connectivity index (χ4v) is 4.41. The van der Waals surface area contributed by atoms with E-state index in [2.05, 4.69) is 20.9 Å². The van der Waals surface area contributed by atoms with E-state index in [1.165, 1.54) is 22.4 Å². The Bertz CT molecular complexity index is 1430. The molecule has 0 spiro atoms. The Morgan fingerprint density at radius 2 is 1.75 bits per heavy atom. The van der Waals surface area contributed by atoms with E-state index >= 15 is 0 Å². The van der Waals surface area contributed by atoms with Gasteiger partial charge >= 0.3 is 0 Å². The van der Waals surface area contributed by atoms with Crippen molar-refractivity contribution in [3.63, 3.8) is 0 Å². The summed E-state index contributed by atoms with van der Waals surface area (Å²) in [7, 11) is 0. The third-order valence-electron chi connectivity index (χ3n) is 6.03. The molecule has 0 fully saturated rings. The number of aromatic nitrogens is 3. The van der Waals surface area contributed by atoms with E-state index in [0.717, 1.165) is 30.2 Å². The van der Waals surface area contributed by atoms with Crippen LogP contribution in [0.5, 0.6) is 0 Å². The monoisotopic (exact) mass is 429 g/mol. The zero-order valence-corrected chi connectivity index (χ0v) is 17.7. The molecular formula is C24H23N5O3. The van der Waals surface area contributed by atoms with E-state index in [0.29, 0.717) is 22.9 Å². The quantitative estimate of drug-likeness (QED) is 0.435. The molecule has 5 rings (SSSR count). The maximum absolute atomic E-state index is 12.8. The summed E-state index contributed by atoms with van der Waals surface area (Å²) in [4.78, 5) is 41.5. The molecule has 2 amide bonds. The van der Waals surface area contributed by atoms with Crippen molar-refractivity contribution in [3.05, 3.63) is 75.3 Å². The molecule has 1 aliphatic carbocycles. The lowest BCUT2D eigenvalue weighted by Gasteiger charge is -2.12. The number of hydrazine groups is 1. The zero-order valence-electron chi connectivity index (χ0n) is 17.7. The highest BCUT2D eigenvalue weighted by atomic mass is 16.2. The second-order valence-corrected chi connectivity index (χ2v) is 7.97. The number of amides is 2. The van der Waals surface area contributed by atoms with Crippen LogP contribution < -0.4 is 16.4 Å². The van der Waals surface area contributed by atoms with Gasteiger partial charge in [0, 0.05) is 34.1 Å². The Balaban J connectivity index is 1.39. The van der Waals surface area contributed by atoms with Crippen molar-refractivity contribution in [3.8, 4) is 0 Å². The molecule has 2 aromatic heterocycles. The highest BCUT2D eigenvalue weighted by Crippen LogP contribution is 2.29. The molecule has 0 atom stereocenters. The summed E-state index contributed by atoms with van der Waals surface area (Å²) in [5, 5.41) is 6.09. The minimum absolute atomic E-state index is 0.0810. The Kier molecular flexibility index (Phi) is 4.97. The summed E-state index contributed by atoms with van der Waals surface area (Å²) in [6, 6.07) is 12.3. The Hall–Kier alpha value is -3.94. The number of H-pyrrole nitrogens is 1. The van der Waals surface area contributed by atoms with Crippen LogP contribution in [0, 0.1) is 0 Å². The Morgan fingerprint density at radius 1 is 1.00 bits per heavy atom. The third kappa shape index (κ3) is 3.33. The summed E-state index contributed by atoms with van der Waals surface area (Å²) < 4.78 is 1.24. The number of fused-ring (bicyclic) bond motifs is 4. The van der Waals surface area contributed by atoms with Gasteiger partial charge in [-0.2, -0.15) is 5.10 Å². The van der Waals surface area contributed by atoms with Gasteiger partial charge < -0.3 is 4.98 Å². The van der Waals surface area contributed by atoms with Crippen LogP contribution in [0.4, 0.5) is 0 Å². The number of carbonyl (C=O) groups is 2. The van der Waals surface area contributed by atoms with Crippen LogP contribution >= 0.6 is 0 Å². The average molecular weight is 429 g/mol. The molecule has 0 unspecified atom stereocenters. The fourth-order valence-electron chi connectivity index (χ4n) is 4.41. The number of aryl methyl sites for hydroxylation is 3. The molecule has 0 saturated heterocycles. The molecule has 0 saturated carbocycles. The van der Waals surface area contributed by atoms with Crippen LogP contribution in [-0.2, 0) is 19.4 Å². The Morgan fingerprint density at radius 3 is 2.56 bits per heavy atom. The molecular weight excluding hydrogens is 406 g/mol. The van der Waals surface area contributed by atoms with E-state index in [4.69, 9.17) is 0 Å². The maximum atomic E-state index is 12.8. The van der Waals surface area contributed by atoms with Gasteiger partial charge in [0.05, 0.1) is 5.39 Å². The molecule has 162 valence electrons. The van der Waals surface area contributed by atoms with Crippen LogP contribution in [0.25, 0.3) is 21.7 Å².